The summed E-state index contributed by atoms with van der Waals surface area (Å²) >= 11 is 0. The van der Waals surface area contributed by atoms with Gasteiger partial charge < -0.3 is 0 Å². The molecule has 0 rings (SSSR count). The Bertz CT molecular complexity index is 149. The van der Waals surface area contributed by atoms with Gasteiger partial charge in [0.2, 0.25) is 10.0 Å². The van der Waals surface area contributed by atoms with Gasteiger partial charge in [0.15, 0.2) is 0 Å². The normalized spacial score (nSPS) is 10.6. The zero-order valence-corrected chi connectivity index (χ0v) is 8.20. The first-order valence-corrected chi connectivity index (χ1v) is 5.08. The Kier molecular flexibility index (Phi) is 7.14. The van der Waals surface area contributed by atoms with Crippen molar-refractivity contribution in [2.45, 2.75) is 20.3 Å². The minimum atomic E-state index is -2.91. The Morgan fingerprint density at radius 2 is 1.30 bits per heavy atom. The maximum absolute atomic E-state index is 10.3. The molecule has 0 N–H and O–H groups in total. The van der Waals surface area contributed by atoms with E-state index in [4.69, 9.17) is 0 Å². The van der Waals surface area contributed by atoms with Gasteiger partial charge in [-0.3, -0.25) is 0 Å². The molecule has 0 saturated carbocycles. The summed E-state index contributed by atoms with van der Waals surface area (Å²) in [5.74, 6) is 0. The van der Waals surface area contributed by atoms with Crippen molar-refractivity contribution in [3.8, 4) is 0 Å². The van der Waals surface area contributed by atoms with Crippen LogP contribution in [0.25, 0.3) is 0 Å². The summed E-state index contributed by atoms with van der Waals surface area (Å²) in [7, 11) is 0.0833. The third-order valence-corrected chi connectivity index (χ3v) is 1.99. The van der Waals surface area contributed by atoms with Crippen molar-refractivity contribution < 1.29 is 8.42 Å². The van der Waals surface area contributed by atoms with E-state index in [0.29, 0.717) is 0 Å². The molecule has 0 aromatic heterocycles. The Morgan fingerprint density at radius 1 is 1.20 bits per heavy atom. The van der Waals surface area contributed by atoms with Crippen LogP contribution in [-0.2, 0) is 10.0 Å². The summed E-state index contributed by atoms with van der Waals surface area (Å²) in [6, 6.07) is 0. The summed E-state index contributed by atoms with van der Waals surface area (Å²) < 4.78 is 21.7. The molecule has 0 atom stereocenters. The average Bonchev–Trinajstić information content (AvgIpc) is 1.64. The first kappa shape index (κ1) is 12.6. The van der Waals surface area contributed by atoms with Crippen LogP contribution in [0.1, 0.15) is 20.3 Å². The lowest BCUT2D eigenvalue weighted by molar-refractivity contribution is 0.527. The lowest BCUT2D eigenvalue weighted by Gasteiger charge is -2.02. The van der Waals surface area contributed by atoms with Crippen LogP contribution in [0.2, 0.25) is 0 Å². The van der Waals surface area contributed by atoms with Crippen LogP contribution >= 0.6 is 0 Å². The second-order valence-corrected chi connectivity index (χ2v) is 4.45. The third kappa shape index (κ3) is 10.8. The summed E-state index contributed by atoms with van der Waals surface area (Å²) in [4.78, 5) is 0. The number of hydrogen-bond acceptors (Lipinski definition) is 2. The van der Waals surface area contributed by atoms with Crippen LogP contribution in [0.4, 0.5) is 0 Å². The highest BCUT2D eigenvalue weighted by Gasteiger charge is 2.00. The van der Waals surface area contributed by atoms with Crippen molar-refractivity contribution in [2.75, 3.05) is 20.4 Å². The lowest BCUT2D eigenvalue weighted by atomic mass is 10.6. The van der Waals surface area contributed by atoms with Gasteiger partial charge >= 0.3 is 0 Å². The van der Waals surface area contributed by atoms with Crippen LogP contribution in [0, 0.1) is 0 Å². The van der Waals surface area contributed by atoms with Crippen LogP contribution in [0.3, 0.4) is 0 Å². The Balaban J connectivity index is 0. The largest absolute Gasteiger partial charge is 0.213 e. The number of nitrogens with zero attached hydrogens (tertiary/aromatic N) is 1. The highest BCUT2D eigenvalue weighted by molar-refractivity contribution is 7.88. The van der Waals surface area contributed by atoms with E-state index < -0.39 is 10.0 Å². The zero-order chi connectivity index (χ0) is 8.78. The van der Waals surface area contributed by atoms with E-state index in [1.165, 1.54) is 20.5 Å². The van der Waals surface area contributed by atoms with E-state index in [-0.39, 0.29) is 0 Å². The minimum Gasteiger partial charge on any atom is -0.213 e. The molecule has 3 nitrogen and oxygen atoms in total. The molecule has 0 radical (unpaired) electrons. The Hall–Kier alpha value is -0.0900. The minimum absolute atomic E-state index is 1.16. The van der Waals surface area contributed by atoms with Gasteiger partial charge in [-0.1, -0.05) is 20.3 Å². The van der Waals surface area contributed by atoms with E-state index in [1.807, 2.05) is 0 Å². The molecule has 4 heteroatoms. The monoisotopic (exact) mass is 167 g/mol. The van der Waals surface area contributed by atoms with E-state index in [2.05, 4.69) is 13.8 Å². The zero-order valence-electron chi connectivity index (χ0n) is 7.38. The fourth-order valence-corrected chi connectivity index (χ4v) is 0. The van der Waals surface area contributed by atoms with E-state index >= 15 is 0 Å². The van der Waals surface area contributed by atoms with Crippen molar-refractivity contribution >= 4 is 10.0 Å². The van der Waals surface area contributed by atoms with Gasteiger partial charge in [0.1, 0.15) is 0 Å². The molecule has 0 fully saturated rings. The maximum Gasteiger partial charge on any atom is 0.210 e. The molecule has 10 heavy (non-hydrogen) atoms. The molecule has 0 saturated heterocycles. The fourth-order valence-electron chi connectivity index (χ4n) is 0. The lowest BCUT2D eigenvalue weighted by Crippen LogP contribution is -2.19. The molecule has 0 heterocycles. The van der Waals surface area contributed by atoms with Gasteiger partial charge in [-0.15, -0.1) is 0 Å². The summed E-state index contributed by atoms with van der Waals surface area (Å²) in [6.45, 7) is 4.25. The molecule has 64 valence electrons. The highest BCUT2D eigenvalue weighted by Crippen LogP contribution is 1.82. The topological polar surface area (TPSA) is 37.4 Å². The standard InChI is InChI=1S/C3H9NO2S.C3H8/c1-4(2)7(3,5)6;1-3-2/h1-3H3;3H2,1-2H3. The molecule has 0 aliphatic heterocycles. The quantitative estimate of drug-likeness (QED) is 0.582. The average molecular weight is 167 g/mol. The molecule has 0 aromatic carbocycles. The smallest absolute Gasteiger partial charge is 0.210 e. The van der Waals surface area contributed by atoms with Crippen LogP contribution in [0.5, 0.6) is 0 Å². The highest BCUT2D eigenvalue weighted by atomic mass is 32.2. The van der Waals surface area contributed by atoms with Crippen molar-refractivity contribution in [1.29, 1.82) is 0 Å². The molecule has 0 unspecified atom stereocenters. The molecule has 0 bridgehead atoms. The summed E-state index contributed by atoms with van der Waals surface area (Å²) in [6.07, 6.45) is 2.41. The molecule has 0 aromatic rings. The van der Waals surface area contributed by atoms with E-state index in [9.17, 15) is 8.42 Å². The van der Waals surface area contributed by atoms with Crippen molar-refractivity contribution in [1.82, 2.24) is 4.31 Å². The van der Waals surface area contributed by atoms with E-state index in [1.54, 1.807) is 0 Å². The molecule has 0 aliphatic carbocycles. The number of rotatable bonds is 1. The molecule has 0 amide bonds. The van der Waals surface area contributed by atoms with E-state index in [0.717, 1.165) is 10.6 Å². The Morgan fingerprint density at radius 3 is 1.30 bits per heavy atom. The fraction of sp³-hybridized carbons (Fsp3) is 1.00. The maximum atomic E-state index is 10.3. The van der Waals surface area contributed by atoms with Gasteiger partial charge in [0.25, 0.3) is 0 Å². The second-order valence-electron chi connectivity index (χ2n) is 2.25. The van der Waals surface area contributed by atoms with Crippen molar-refractivity contribution in [3.05, 3.63) is 0 Å². The van der Waals surface area contributed by atoms with Gasteiger partial charge in [0, 0.05) is 14.1 Å². The molecular formula is C6H17NO2S. The molecule has 0 aliphatic rings. The summed E-state index contributed by atoms with van der Waals surface area (Å²) in [5.41, 5.74) is 0. The predicted molar refractivity (Wildman–Crippen MR) is 44.5 cm³/mol. The van der Waals surface area contributed by atoms with Crippen molar-refractivity contribution in [3.63, 3.8) is 0 Å². The van der Waals surface area contributed by atoms with Crippen LogP contribution in [-0.4, -0.2) is 33.1 Å². The Labute approximate surface area is 64.1 Å². The van der Waals surface area contributed by atoms with Gasteiger partial charge in [0.05, 0.1) is 6.26 Å². The van der Waals surface area contributed by atoms with Gasteiger partial charge in [-0.2, -0.15) is 0 Å². The third-order valence-electron chi connectivity index (χ3n) is 0.663. The predicted octanol–water partition coefficient (Wildman–Crippen LogP) is 0.924. The molecular weight excluding hydrogens is 150 g/mol. The summed E-state index contributed by atoms with van der Waals surface area (Å²) in [5, 5.41) is 0. The van der Waals surface area contributed by atoms with Crippen molar-refractivity contribution in [2.24, 2.45) is 0 Å². The van der Waals surface area contributed by atoms with Gasteiger partial charge in [-0.05, 0) is 0 Å². The van der Waals surface area contributed by atoms with Crippen LogP contribution in [0.15, 0.2) is 0 Å². The van der Waals surface area contributed by atoms with Gasteiger partial charge in [-0.25, -0.2) is 12.7 Å². The molecule has 0 spiro atoms. The number of sulfonamides is 1. The number of hydrogen-bond donors (Lipinski definition) is 0. The first-order valence-electron chi connectivity index (χ1n) is 3.23. The van der Waals surface area contributed by atoms with Crippen LogP contribution < -0.4 is 0 Å². The second kappa shape index (κ2) is 5.68. The first-order chi connectivity index (χ1) is 4.36. The SMILES string of the molecule is CCC.CN(C)S(C)(=O)=O.